The summed E-state index contributed by atoms with van der Waals surface area (Å²) in [5.41, 5.74) is 3.93. The minimum atomic E-state index is 1.13. The Bertz CT molecular complexity index is 354. The van der Waals surface area contributed by atoms with Gasteiger partial charge in [-0.1, -0.05) is 6.07 Å². The van der Waals surface area contributed by atoms with Crippen LogP contribution in [0.5, 0.6) is 0 Å². The van der Waals surface area contributed by atoms with Gasteiger partial charge in [0.05, 0.1) is 0 Å². The van der Waals surface area contributed by atoms with Crippen molar-refractivity contribution in [2.24, 2.45) is 0 Å². The Balaban J connectivity index is 2.19. The molecule has 1 aromatic carbocycles. The molecule has 16 heavy (non-hydrogen) atoms. The predicted octanol–water partition coefficient (Wildman–Crippen LogP) is 1.79. The number of rotatable bonds is 2. The first-order chi connectivity index (χ1) is 7.70. The van der Waals surface area contributed by atoms with Crippen molar-refractivity contribution in [1.29, 1.82) is 0 Å². The van der Waals surface area contributed by atoms with Crippen LogP contribution in [-0.2, 0) is 0 Å². The fourth-order valence-corrected chi connectivity index (χ4v) is 2.15. The molecule has 1 aromatic rings. The Hall–Kier alpha value is -1.22. The summed E-state index contributed by atoms with van der Waals surface area (Å²) < 4.78 is 0. The highest BCUT2D eigenvalue weighted by Crippen LogP contribution is 2.24. The van der Waals surface area contributed by atoms with E-state index in [1.165, 1.54) is 16.9 Å². The zero-order valence-corrected chi connectivity index (χ0v) is 10.5. The van der Waals surface area contributed by atoms with Crippen molar-refractivity contribution < 1.29 is 0 Å². The molecule has 0 radical (unpaired) electrons. The number of likely N-dealkylation sites (N-methyl/N-ethyl adjacent to an activating group) is 1. The third kappa shape index (κ3) is 2.30. The highest BCUT2D eigenvalue weighted by Gasteiger charge is 2.15. The number of hydrogen-bond donors (Lipinski definition) is 1. The largest absolute Gasteiger partial charge is 0.388 e. The molecule has 1 heterocycles. The van der Waals surface area contributed by atoms with E-state index in [4.69, 9.17) is 0 Å². The second-order valence-corrected chi connectivity index (χ2v) is 4.54. The van der Waals surface area contributed by atoms with E-state index in [1.54, 1.807) is 0 Å². The van der Waals surface area contributed by atoms with Crippen LogP contribution < -0.4 is 10.2 Å². The second-order valence-electron chi connectivity index (χ2n) is 4.54. The summed E-state index contributed by atoms with van der Waals surface area (Å²) in [5, 5.41) is 3.21. The van der Waals surface area contributed by atoms with E-state index in [0.717, 1.165) is 26.2 Å². The number of nitrogens with zero attached hydrogens (tertiary/aromatic N) is 2. The van der Waals surface area contributed by atoms with Gasteiger partial charge in [0.15, 0.2) is 0 Å². The molecule has 0 amide bonds. The van der Waals surface area contributed by atoms with Gasteiger partial charge in [-0.05, 0) is 31.7 Å². The van der Waals surface area contributed by atoms with Crippen molar-refractivity contribution in [2.75, 3.05) is 50.5 Å². The summed E-state index contributed by atoms with van der Waals surface area (Å²) >= 11 is 0. The van der Waals surface area contributed by atoms with E-state index < -0.39 is 0 Å². The van der Waals surface area contributed by atoms with Gasteiger partial charge in [-0.15, -0.1) is 0 Å². The molecule has 0 aromatic heterocycles. The SMILES string of the molecule is CNc1ccc(C)c(N2CCN(C)CC2)c1. The molecule has 1 aliphatic rings. The topological polar surface area (TPSA) is 18.5 Å². The van der Waals surface area contributed by atoms with E-state index in [1.807, 2.05) is 7.05 Å². The number of benzene rings is 1. The van der Waals surface area contributed by atoms with E-state index in [-0.39, 0.29) is 0 Å². The molecule has 0 unspecified atom stereocenters. The molecule has 3 heteroatoms. The van der Waals surface area contributed by atoms with Crippen LogP contribution in [-0.4, -0.2) is 45.2 Å². The molecule has 1 fully saturated rings. The van der Waals surface area contributed by atoms with Crippen LogP contribution >= 0.6 is 0 Å². The number of nitrogens with one attached hydrogen (secondary N) is 1. The van der Waals surface area contributed by atoms with Gasteiger partial charge in [0.2, 0.25) is 0 Å². The van der Waals surface area contributed by atoms with Crippen LogP contribution in [0.15, 0.2) is 18.2 Å². The summed E-state index contributed by atoms with van der Waals surface area (Å²) in [6, 6.07) is 6.58. The number of piperazine rings is 1. The summed E-state index contributed by atoms with van der Waals surface area (Å²) in [4.78, 5) is 4.87. The molecule has 1 saturated heterocycles. The summed E-state index contributed by atoms with van der Waals surface area (Å²) in [5.74, 6) is 0. The Morgan fingerprint density at radius 1 is 1.12 bits per heavy atom. The molecule has 0 bridgehead atoms. The van der Waals surface area contributed by atoms with Gasteiger partial charge >= 0.3 is 0 Å². The van der Waals surface area contributed by atoms with Crippen LogP contribution in [0.4, 0.5) is 11.4 Å². The number of aryl methyl sites for hydroxylation is 1. The molecule has 1 N–H and O–H groups in total. The van der Waals surface area contributed by atoms with E-state index in [2.05, 4.69) is 47.3 Å². The first-order valence-electron chi connectivity index (χ1n) is 5.92. The quantitative estimate of drug-likeness (QED) is 0.818. The number of hydrogen-bond acceptors (Lipinski definition) is 3. The molecule has 0 saturated carbocycles. The minimum absolute atomic E-state index is 1.13. The first-order valence-corrected chi connectivity index (χ1v) is 5.92. The molecule has 0 atom stereocenters. The fraction of sp³-hybridized carbons (Fsp3) is 0.538. The van der Waals surface area contributed by atoms with Gasteiger partial charge in [0.25, 0.3) is 0 Å². The van der Waals surface area contributed by atoms with E-state index >= 15 is 0 Å². The minimum Gasteiger partial charge on any atom is -0.388 e. The van der Waals surface area contributed by atoms with Gasteiger partial charge in [0.1, 0.15) is 0 Å². The Kier molecular flexibility index (Phi) is 3.34. The van der Waals surface area contributed by atoms with Crippen molar-refractivity contribution >= 4 is 11.4 Å². The molecule has 1 aliphatic heterocycles. The van der Waals surface area contributed by atoms with Crippen LogP contribution in [0.2, 0.25) is 0 Å². The molecular formula is C13H21N3. The average Bonchev–Trinajstić information content (AvgIpc) is 2.31. The average molecular weight is 219 g/mol. The van der Waals surface area contributed by atoms with Crippen molar-refractivity contribution in [3.05, 3.63) is 23.8 Å². The summed E-state index contributed by atoms with van der Waals surface area (Å²) in [6.07, 6.45) is 0. The lowest BCUT2D eigenvalue weighted by molar-refractivity contribution is 0.312. The standard InChI is InChI=1S/C13H21N3/c1-11-4-5-12(14-2)10-13(11)16-8-6-15(3)7-9-16/h4-5,10,14H,6-9H2,1-3H3. The lowest BCUT2D eigenvalue weighted by atomic mass is 10.1. The van der Waals surface area contributed by atoms with Gasteiger partial charge < -0.3 is 15.1 Å². The highest BCUT2D eigenvalue weighted by atomic mass is 15.2. The number of anilines is 2. The summed E-state index contributed by atoms with van der Waals surface area (Å²) in [7, 11) is 4.16. The maximum Gasteiger partial charge on any atom is 0.0417 e. The molecular weight excluding hydrogens is 198 g/mol. The van der Waals surface area contributed by atoms with E-state index in [9.17, 15) is 0 Å². The van der Waals surface area contributed by atoms with Crippen molar-refractivity contribution in [2.45, 2.75) is 6.92 Å². The van der Waals surface area contributed by atoms with Gasteiger partial charge in [-0.3, -0.25) is 0 Å². The monoisotopic (exact) mass is 219 g/mol. The third-order valence-corrected chi connectivity index (χ3v) is 3.34. The maximum atomic E-state index is 3.21. The Labute approximate surface area is 98.0 Å². The zero-order valence-electron chi connectivity index (χ0n) is 10.5. The van der Waals surface area contributed by atoms with Crippen molar-refractivity contribution in [1.82, 2.24) is 4.90 Å². The first kappa shape index (κ1) is 11.3. The smallest absolute Gasteiger partial charge is 0.0417 e. The molecule has 0 spiro atoms. The zero-order chi connectivity index (χ0) is 11.5. The van der Waals surface area contributed by atoms with Crippen LogP contribution in [0.25, 0.3) is 0 Å². The van der Waals surface area contributed by atoms with Crippen LogP contribution in [0.1, 0.15) is 5.56 Å². The summed E-state index contributed by atoms with van der Waals surface area (Å²) in [6.45, 7) is 6.76. The Morgan fingerprint density at radius 2 is 1.81 bits per heavy atom. The van der Waals surface area contributed by atoms with Crippen molar-refractivity contribution in [3.63, 3.8) is 0 Å². The fourth-order valence-electron chi connectivity index (χ4n) is 2.15. The second kappa shape index (κ2) is 4.74. The molecule has 3 nitrogen and oxygen atoms in total. The van der Waals surface area contributed by atoms with Crippen molar-refractivity contribution in [3.8, 4) is 0 Å². The van der Waals surface area contributed by atoms with Gasteiger partial charge in [-0.2, -0.15) is 0 Å². The highest BCUT2D eigenvalue weighted by molar-refractivity contribution is 5.62. The van der Waals surface area contributed by atoms with Crippen LogP contribution in [0.3, 0.4) is 0 Å². The van der Waals surface area contributed by atoms with Gasteiger partial charge in [0, 0.05) is 44.6 Å². The third-order valence-electron chi connectivity index (χ3n) is 3.34. The molecule has 0 aliphatic carbocycles. The van der Waals surface area contributed by atoms with Gasteiger partial charge in [-0.25, -0.2) is 0 Å². The predicted molar refractivity (Wildman–Crippen MR) is 70.4 cm³/mol. The molecule has 2 rings (SSSR count). The Morgan fingerprint density at radius 3 is 2.44 bits per heavy atom. The lowest BCUT2D eigenvalue weighted by Gasteiger charge is -2.35. The lowest BCUT2D eigenvalue weighted by Crippen LogP contribution is -2.44. The maximum absolute atomic E-state index is 3.21. The normalized spacial score (nSPS) is 17.6. The molecule has 88 valence electrons. The van der Waals surface area contributed by atoms with Crippen LogP contribution in [0, 0.1) is 6.92 Å². The van der Waals surface area contributed by atoms with E-state index in [0.29, 0.717) is 0 Å².